The number of nitrogens with one attached hydrogen (secondary N) is 1. The van der Waals surface area contributed by atoms with Crippen LogP contribution in [0.5, 0.6) is 11.5 Å². The van der Waals surface area contributed by atoms with Gasteiger partial charge in [0.15, 0.2) is 0 Å². The van der Waals surface area contributed by atoms with Gasteiger partial charge in [0, 0.05) is 17.9 Å². The summed E-state index contributed by atoms with van der Waals surface area (Å²) in [6, 6.07) is 15.2. The van der Waals surface area contributed by atoms with Gasteiger partial charge in [-0.25, -0.2) is 0 Å². The van der Waals surface area contributed by atoms with Crippen molar-refractivity contribution in [3.63, 3.8) is 0 Å². The van der Waals surface area contributed by atoms with Crippen molar-refractivity contribution in [1.82, 2.24) is 0 Å². The Bertz CT molecular complexity index is 495. The van der Waals surface area contributed by atoms with Crippen molar-refractivity contribution < 1.29 is 9.47 Å². The van der Waals surface area contributed by atoms with Gasteiger partial charge in [-0.15, -0.1) is 0 Å². The fourth-order valence-electron chi connectivity index (χ4n) is 1.64. The van der Waals surface area contributed by atoms with E-state index in [1.165, 1.54) is 0 Å². The maximum atomic E-state index is 5.62. The van der Waals surface area contributed by atoms with Crippen LogP contribution in [0.25, 0.3) is 0 Å². The maximum Gasteiger partial charge on any atom is 0.119 e. The molecule has 19 heavy (non-hydrogen) atoms. The fourth-order valence-corrected chi connectivity index (χ4v) is 1.64. The molecule has 0 radical (unpaired) electrons. The van der Waals surface area contributed by atoms with E-state index >= 15 is 0 Å². The molecule has 0 aliphatic heterocycles. The first kappa shape index (κ1) is 13.1. The van der Waals surface area contributed by atoms with Crippen LogP contribution in [0.2, 0.25) is 0 Å². The third kappa shape index (κ3) is 4.10. The van der Waals surface area contributed by atoms with E-state index in [2.05, 4.69) is 5.32 Å². The molecule has 2 aromatic carbocycles. The third-order valence-electron chi connectivity index (χ3n) is 2.67. The monoisotopic (exact) mass is 258 g/mol. The van der Waals surface area contributed by atoms with Gasteiger partial charge in [0.25, 0.3) is 0 Å². The van der Waals surface area contributed by atoms with E-state index in [-0.39, 0.29) is 0 Å². The zero-order chi connectivity index (χ0) is 13.5. The predicted octanol–water partition coefficient (Wildman–Crippen LogP) is 2.77. The van der Waals surface area contributed by atoms with Crippen molar-refractivity contribution >= 4 is 11.4 Å². The third-order valence-corrected chi connectivity index (χ3v) is 2.67. The fraction of sp³-hybridized carbons (Fsp3) is 0.200. The number of hydrogen-bond acceptors (Lipinski definition) is 4. The smallest absolute Gasteiger partial charge is 0.119 e. The second kappa shape index (κ2) is 6.54. The Kier molecular flexibility index (Phi) is 4.50. The standard InChI is InChI=1S/C15H18N2O2/c1-18-14-6-8-15(9-7-14)19-11-10-17-13-4-2-12(16)3-5-13/h2-9,17H,10-11,16H2,1H3. The highest BCUT2D eigenvalue weighted by atomic mass is 16.5. The molecule has 0 aliphatic carbocycles. The SMILES string of the molecule is COc1ccc(OCCNc2ccc(N)cc2)cc1. The molecule has 0 saturated carbocycles. The molecule has 0 spiro atoms. The van der Waals surface area contributed by atoms with E-state index in [0.717, 1.165) is 29.4 Å². The molecule has 2 aromatic rings. The first-order valence-electron chi connectivity index (χ1n) is 6.14. The number of rotatable bonds is 6. The van der Waals surface area contributed by atoms with Crippen LogP contribution in [0.1, 0.15) is 0 Å². The minimum atomic E-state index is 0.594. The highest BCUT2D eigenvalue weighted by molar-refractivity contribution is 5.51. The summed E-state index contributed by atoms with van der Waals surface area (Å²) in [4.78, 5) is 0. The summed E-state index contributed by atoms with van der Waals surface area (Å²) in [5.41, 5.74) is 7.42. The maximum absolute atomic E-state index is 5.62. The van der Waals surface area contributed by atoms with Gasteiger partial charge in [0.1, 0.15) is 18.1 Å². The number of nitrogens with two attached hydrogens (primary N) is 1. The van der Waals surface area contributed by atoms with Gasteiger partial charge >= 0.3 is 0 Å². The van der Waals surface area contributed by atoms with E-state index in [0.29, 0.717) is 6.61 Å². The quantitative estimate of drug-likeness (QED) is 0.618. The Morgan fingerprint density at radius 2 is 1.58 bits per heavy atom. The Hall–Kier alpha value is -2.36. The van der Waals surface area contributed by atoms with Crippen molar-refractivity contribution in [2.45, 2.75) is 0 Å². The van der Waals surface area contributed by atoms with E-state index < -0.39 is 0 Å². The summed E-state index contributed by atoms with van der Waals surface area (Å²) >= 11 is 0. The van der Waals surface area contributed by atoms with Crippen LogP contribution in [0.4, 0.5) is 11.4 Å². The number of hydrogen-bond donors (Lipinski definition) is 2. The lowest BCUT2D eigenvalue weighted by Gasteiger charge is -2.09. The molecule has 0 bridgehead atoms. The van der Waals surface area contributed by atoms with Crippen molar-refractivity contribution in [3.05, 3.63) is 48.5 Å². The van der Waals surface area contributed by atoms with E-state index in [4.69, 9.17) is 15.2 Å². The van der Waals surface area contributed by atoms with Crippen LogP contribution >= 0.6 is 0 Å². The van der Waals surface area contributed by atoms with Gasteiger partial charge < -0.3 is 20.5 Å². The van der Waals surface area contributed by atoms with Crippen molar-refractivity contribution in [2.75, 3.05) is 31.3 Å². The van der Waals surface area contributed by atoms with Crippen molar-refractivity contribution in [3.8, 4) is 11.5 Å². The molecule has 0 unspecified atom stereocenters. The van der Waals surface area contributed by atoms with Gasteiger partial charge in [-0.2, -0.15) is 0 Å². The zero-order valence-electron chi connectivity index (χ0n) is 10.9. The first-order valence-corrected chi connectivity index (χ1v) is 6.14. The number of anilines is 2. The summed E-state index contributed by atoms with van der Waals surface area (Å²) in [5.74, 6) is 1.66. The molecule has 4 heteroatoms. The lowest BCUT2D eigenvalue weighted by molar-refractivity contribution is 0.332. The normalized spacial score (nSPS) is 9.95. The van der Waals surface area contributed by atoms with Crippen LogP contribution < -0.4 is 20.5 Å². The van der Waals surface area contributed by atoms with Gasteiger partial charge in [-0.1, -0.05) is 0 Å². The molecule has 0 aliphatic rings. The van der Waals surface area contributed by atoms with Crippen molar-refractivity contribution in [1.29, 1.82) is 0 Å². The molecular weight excluding hydrogens is 240 g/mol. The highest BCUT2D eigenvalue weighted by Gasteiger charge is 1.95. The molecule has 0 heterocycles. The molecule has 0 fully saturated rings. The van der Waals surface area contributed by atoms with Gasteiger partial charge in [0.05, 0.1) is 7.11 Å². The number of benzene rings is 2. The van der Waals surface area contributed by atoms with Crippen LogP contribution in [0.3, 0.4) is 0 Å². The minimum absolute atomic E-state index is 0.594. The lowest BCUT2D eigenvalue weighted by Crippen LogP contribution is -2.11. The summed E-state index contributed by atoms with van der Waals surface area (Å²) in [6.45, 7) is 1.33. The average molecular weight is 258 g/mol. The molecule has 3 N–H and O–H groups in total. The van der Waals surface area contributed by atoms with Crippen LogP contribution in [0, 0.1) is 0 Å². The summed E-state index contributed by atoms with van der Waals surface area (Å²) < 4.78 is 10.7. The Morgan fingerprint density at radius 1 is 0.947 bits per heavy atom. The van der Waals surface area contributed by atoms with Gasteiger partial charge in [-0.05, 0) is 48.5 Å². The molecule has 0 amide bonds. The topological polar surface area (TPSA) is 56.5 Å². The average Bonchev–Trinajstić information content (AvgIpc) is 2.46. The van der Waals surface area contributed by atoms with Crippen LogP contribution in [-0.2, 0) is 0 Å². The molecular formula is C15H18N2O2. The lowest BCUT2D eigenvalue weighted by atomic mass is 10.3. The van der Waals surface area contributed by atoms with Gasteiger partial charge in [0.2, 0.25) is 0 Å². The molecule has 2 rings (SSSR count). The van der Waals surface area contributed by atoms with E-state index in [9.17, 15) is 0 Å². The Morgan fingerprint density at radius 3 is 2.21 bits per heavy atom. The largest absolute Gasteiger partial charge is 0.497 e. The number of nitrogen functional groups attached to an aromatic ring is 1. The van der Waals surface area contributed by atoms with E-state index in [1.807, 2.05) is 48.5 Å². The molecule has 100 valence electrons. The zero-order valence-corrected chi connectivity index (χ0v) is 10.9. The summed E-state index contributed by atoms with van der Waals surface area (Å²) in [5, 5.41) is 3.26. The second-order valence-corrected chi connectivity index (χ2v) is 4.07. The summed E-state index contributed by atoms with van der Waals surface area (Å²) in [6.07, 6.45) is 0. The first-order chi connectivity index (χ1) is 9.28. The van der Waals surface area contributed by atoms with Gasteiger partial charge in [-0.3, -0.25) is 0 Å². The summed E-state index contributed by atoms with van der Waals surface area (Å²) in [7, 11) is 1.65. The molecule has 0 aromatic heterocycles. The van der Waals surface area contributed by atoms with Crippen LogP contribution in [-0.4, -0.2) is 20.3 Å². The highest BCUT2D eigenvalue weighted by Crippen LogP contribution is 2.17. The number of methoxy groups -OCH3 is 1. The van der Waals surface area contributed by atoms with Crippen molar-refractivity contribution in [2.24, 2.45) is 0 Å². The Labute approximate surface area is 113 Å². The molecule has 0 atom stereocenters. The number of ether oxygens (including phenoxy) is 2. The van der Waals surface area contributed by atoms with E-state index in [1.54, 1.807) is 7.11 Å². The Balaban J connectivity index is 1.72. The second-order valence-electron chi connectivity index (χ2n) is 4.07. The molecule has 0 saturated heterocycles. The van der Waals surface area contributed by atoms with Crippen LogP contribution in [0.15, 0.2) is 48.5 Å². The molecule has 4 nitrogen and oxygen atoms in total. The predicted molar refractivity (Wildman–Crippen MR) is 77.8 cm³/mol. The minimum Gasteiger partial charge on any atom is -0.497 e.